The summed E-state index contributed by atoms with van der Waals surface area (Å²) in [5, 5.41) is 13.2. The van der Waals surface area contributed by atoms with Crippen LogP contribution in [0.4, 0.5) is 0 Å². The zero-order chi connectivity index (χ0) is 13.8. The van der Waals surface area contributed by atoms with Gasteiger partial charge >= 0.3 is 0 Å². The van der Waals surface area contributed by atoms with Crippen LogP contribution in [0.1, 0.15) is 38.2 Å². The first-order valence-corrected chi connectivity index (χ1v) is 8.52. The molecule has 1 fully saturated rings. The molecular weight excluding hydrogens is 370 g/mol. The van der Waals surface area contributed by atoms with E-state index in [9.17, 15) is 5.11 Å². The summed E-state index contributed by atoms with van der Waals surface area (Å²) in [6.07, 6.45) is 5.47. The standard InChI is InChI=1S/C15H21Br2NO/c1-10-2-4-11(5-3-10)8-18-9-12-6-13(16)15(19)14(17)7-12/h6-7,10-11,18-19H,2-5,8-9H2,1H3. The molecule has 0 saturated heterocycles. The third-order valence-electron chi connectivity index (χ3n) is 3.97. The van der Waals surface area contributed by atoms with Crippen molar-refractivity contribution in [3.63, 3.8) is 0 Å². The van der Waals surface area contributed by atoms with Gasteiger partial charge in [0.1, 0.15) is 5.75 Å². The van der Waals surface area contributed by atoms with Gasteiger partial charge in [-0.15, -0.1) is 0 Å². The Bertz CT molecular complexity index is 405. The van der Waals surface area contributed by atoms with Crippen LogP contribution < -0.4 is 5.32 Å². The highest BCUT2D eigenvalue weighted by atomic mass is 79.9. The molecule has 1 aliphatic rings. The maximum absolute atomic E-state index is 9.67. The number of halogens is 2. The summed E-state index contributed by atoms with van der Waals surface area (Å²) in [5.41, 5.74) is 1.18. The zero-order valence-corrected chi connectivity index (χ0v) is 14.4. The highest BCUT2D eigenvalue weighted by Crippen LogP contribution is 2.33. The minimum atomic E-state index is 0.269. The number of hydrogen-bond donors (Lipinski definition) is 2. The maximum atomic E-state index is 9.67. The van der Waals surface area contributed by atoms with Crippen molar-refractivity contribution in [3.05, 3.63) is 26.6 Å². The van der Waals surface area contributed by atoms with Crippen LogP contribution in [0.15, 0.2) is 21.1 Å². The normalized spacial score (nSPS) is 23.5. The molecule has 0 radical (unpaired) electrons. The van der Waals surface area contributed by atoms with Crippen molar-refractivity contribution in [2.45, 2.75) is 39.2 Å². The number of nitrogens with one attached hydrogen (secondary N) is 1. The molecule has 0 aromatic heterocycles. The number of aromatic hydroxyl groups is 1. The zero-order valence-electron chi connectivity index (χ0n) is 11.3. The van der Waals surface area contributed by atoms with Crippen LogP contribution in [0.3, 0.4) is 0 Å². The quantitative estimate of drug-likeness (QED) is 0.771. The van der Waals surface area contributed by atoms with Crippen LogP contribution in [-0.4, -0.2) is 11.7 Å². The van der Waals surface area contributed by atoms with Crippen molar-refractivity contribution in [2.75, 3.05) is 6.54 Å². The highest BCUT2D eigenvalue weighted by Gasteiger charge is 2.17. The third-order valence-corrected chi connectivity index (χ3v) is 5.18. The largest absolute Gasteiger partial charge is 0.506 e. The number of benzene rings is 1. The Balaban J connectivity index is 1.79. The Labute approximate surface area is 132 Å². The Morgan fingerprint density at radius 1 is 1.16 bits per heavy atom. The molecule has 0 heterocycles. The fourth-order valence-electron chi connectivity index (χ4n) is 2.67. The van der Waals surface area contributed by atoms with E-state index in [0.29, 0.717) is 0 Å². The van der Waals surface area contributed by atoms with E-state index in [1.165, 1.54) is 31.2 Å². The molecule has 1 aromatic carbocycles. The SMILES string of the molecule is CC1CCC(CNCc2cc(Br)c(O)c(Br)c2)CC1. The van der Waals surface area contributed by atoms with Crippen LogP contribution in [0, 0.1) is 11.8 Å². The summed E-state index contributed by atoms with van der Waals surface area (Å²) in [6, 6.07) is 3.94. The molecule has 0 amide bonds. The molecule has 0 spiro atoms. The van der Waals surface area contributed by atoms with Crippen molar-refractivity contribution < 1.29 is 5.11 Å². The summed E-state index contributed by atoms with van der Waals surface area (Å²) >= 11 is 6.73. The lowest BCUT2D eigenvalue weighted by Gasteiger charge is -2.26. The first-order valence-electron chi connectivity index (χ1n) is 6.94. The van der Waals surface area contributed by atoms with E-state index in [4.69, 9.17) is 0 Å². The van der Waals surface area contributed by atoms with Crippen molar-refractivity contribution in [2.24, 2.45) is 11.8 Å². The number of phenols is 1. The summed E-state index contributed by atoms with van der Waals surface area (Å²) in [6.45, 7) is 4.31. The van der Waals surface area contributed by atoms with Gasteiger partial charge in [0.25, 0.3) is 0 Å². The minimum Gasteiger partial charge on any atom is -0.506 e. The summed E-state index contributed by atoms with van der Waals surface area (Å²) in [7, 11) is 0. The van der Waals surface area contributed by atoms with Gasteiger partial charge in [-0.25, -0.2) is 0 Å². The molecule has 1 aromatic rings. The van der Waals surface area contributed by atoms with Crippen molar-refractivity contribution >= 4 is 31.9 Å². The fraction of sp³-hybridized carbons (Fsp3) is 0.600. The predicted octanol–water partition coefficient (Wildman–Crippen LogP) is 4.83. The van der Waals surface area contributed by atoms with Gasteiger partial charge in [-0.05, 0) is 80.8 Å². The van der Waals surface area contributed by atoms with Crippen LogP contribution in [-0.2, 0) is 6.54 Å². The number of hydrogen-bond acceptors (Lipinski definition) is 2. The molecule has 1 saturated carbocycles. The van der Waals surface area contributed by atoms with Gasteiger partial charge < -0.3 is 10.4 Å². The van der Waals surface area contributed by atoms with E-state index in [1.807, 2.05) is 12.1 Å². The van der Waals surface area contributed by atoms with E-state index < -0.39 is 0 Å². The third kappa shape index (κ3) is 4.47. The predicted molar refractivity (Wildman–Crippen MR) is 86.3 cm³/mol. The lowest BCUT2D eigenvalue weighted by molar-refractivity contribution is 0.281. The Kier molecular flexibility index (Phi) is 5.72. The first kappa shape index (κ1) is 15.3. The smallest absolute Gasteiger partial charge is 0.143 e. The molecule has 0 aliphatic heterocycles. The Morgan fingerprint density at radius 3 is 2.32 bits per heavy atom. The Hall–Kier alpha value is -0.0600. The van der Waals surface area contributed by atoms with Crippen LogP contribution in [0.25, 0.3) is 0 Å². The summed E-state index contributed by atoms with van der Waals surface area (Å²) in [4.78, 5) is 0. The average Bonchev–Trinajstić information content (AvgIpc) is 2.38. The molecule has 0 atom stereocenters. The van der Waals surface area contributed by atoms with Crippen molar-refractivity contribution in [1.82, 2.24) is 5.32 Å². The highest BCUT2D eigenvalue weighted by molar-refractivity contribution is 9.11. The topological polar surface area (TPSA) is 32.3 Å². The van der Waals surface area contributed by atoms with Crippen LogP contribution >= 0.6 is 31.9 Å². The van der Waals surface area contributed by atoms with E-state index in [-0.39, 0.29) is 5.75 Å². The molecule has 4 heteroatoms. The van der Waals surface area contributed by atoms with Gasteiger partial charge in [0.2, 0.25) is 0 Å². The van der Waals surface area contributed by atoms with E-state index in [2.05, 4.69) is 44.1 Å². The summed E-state index contributed by atoms with van der Waals surface area (Å²) < 4.78 is 1.48. The van der Waals surface area contributed by atoms with Crippen molar-refractivity contribution in [1.29, 1.82) is 0 Å². The lowest BCUT2D eigenvalue weighted by Crippen LogP contribution is -2.25. The van der Waals surface area contributed by atoms with E-state index >= 15 is 0 Å². The molecule has 19 heavy (non-hydrogen) atoms. The van der Waals surface area contributed by atoms with Crippen molar-refractivity contribution in [3.8, 4) is 5.75 Å². The molecule has 0 unspecified atom stereocenters. The first-order chi connectivity index (χ1) is 9.06. The molecule has 2 nitrogen and oxygen atoms in total. The lowest BCUT2D eigenvalue weighted by atomic mass is 9.83. The van der Waals surface area contributed by atoms with Gasteiger partial charge in [0, 0.05) is 6.54 Å². The molecule has 106 valence electrons. The molecule has 2 rings (SSSR count). The second-order valence-corrected chi connectivity index (χ2v) is 7.37. The minimum absolute atomic E-state index is 0.269. The van der Waals surface area contributed by atoms with Gasteiger partial charge in [-0.2, -0.15) is 0 Å². The molecule has 1 aliphatic carbocycles. The number of rotatable bonds is 4. The van der Waals surface area contributed by atoms with Gasteiger partial charge in [0.05, 0.1) is 8.95 Å². The average molecular weight is 391 g/mol. The van der Waals surface area contributed by atoms with Crippen LogP contribution in [0.2, 0.25) is 0 Å². The molecular formula is C15H21Br2NO. The van der Waals surface area contributed by atoms with E-state index in [1.54, 1.807) is 0 Å². The maximum Gasteiger partial charge on any atom is 0.143 e. The van der Waals surface area contributed by atoms with Crippen LogP contribution in [0.5, 0.6) is 5.75 Å². The second-order valence-electron chi connectivity index (χ2n) is 5.66. The fourth-order valence-corrected chi connectivity index (χ4v) is 3.96. The van der Waals surface area contributed by atoms with Gasteiger partial charge in [-0.1, -0.05) is 19.8 Å². The van der Waals surface area contributed by atoms with E-state index in [0.717, 1.165) is 33.9 Å². The van der Waals surface area contributed by atoms with Gasteiger partial charge in [0.15, 0.2) is 0 Å². The number of phenolic OH excluding ortho intramolecular Hbond substituents is 1. The molecule has 2 N–H and O–H groups in total. The Morgan fingerprint density at radius 2 is 1.74 bits per heavy atom. The molecule has 0 bridgehead atoms. The summed E-state index contributed by atoms with van der Waals surface area (Å²) in [5.74, 6) is 2.02. The van der Waals surface area contributed by atoms with Gasteiger partial charge in [-0.3, -0.25) is 0 Å². The second kappa shape index (κ2) is 7.09. The monoisotopic (exact) mass is 389 g/mol.